The lowest BCUT2D eigenvalue weighted by molar-refractivity contribution is 0.482. The summed E-state index contributed by atoms with van der Waals surface area (Å²) in [4.78, 5) is 4.70. The smallest absolute Gasteiger partial charge is 0.0985 e. The molecule has 0 aliphatic heterocycles. The van der Waals surface area contributed by atoms with Gasteiger partial charge in [-0.15, -0.1) is 11.3 Å². The first-order valence-corrected chi connectivity index (χ1v) is 6.48. The Morgan fingerprint density at radius 2 is 2.13 bits per heavy atom. The number of hydrogen-bond acceptors (Lipinski definition) is 3. The second kappa shape index (κ2) is 5.08. The largest absolute Gasteiger partial charge is 0.330 e. The number of nitrogens with zero attached hydrogens (tertiary/aromatic N) is 1. The molecule has 86 valence electrons. The van der Waals surface area contributed by atoms with Crippen molar-refractivity contribution in [3.8, 4) is 0 Å². The van der Waals surface area contributed by atoms with E-state index in [0.717, 1.165) is 19.4 Å². The van der Waals surface area contributed by atoms with Gasteiger partial charge < -0.3 is 5.73 Å². The molecule has 0 amide bonds. The Bertz CT molecular complexity index is 302. The molecular weight excluding hydrogens is 204 g/mol. The van der Waals surface area contributed by atoms with Gasteiger partial charge in [0.2, 0.25) is 0 Å². The van der Waals surface area contributed by atoms with Gasteiger partial charge in [-0.05, 0) is 25.3 Å². The van der Waals surface area contributed by atoms with Crippen LogP contribution < -0.4 is 5.73 Å². The SMILES string of the molecule is CC(C)Cc1csc(C(C)(C)CCN)n1. The first kappa shape index (κ1) is 12.7. The minimum Gasteiger partial charge on any atom is -0.330 e. The maximum atomic E-state index is 5.62. The lowest BCUT2D eigenvalue weighted by Crippen LogP contribution is -2.21. The van der Waals surface area contributed by atoms with Gasteiger partial charge in [-0.25, -0.2) is 4.98 Å². The van der Waals surface area contributed by atoms with Gasteiger partial charge in [0.05, 0.1) is 10.7 Å². The lowest BCUT2D eigenvalue weighted by Gasteiger charge is -2.20. The third-order valence-corrected chi connectivity index (χ3v) is 3.77. The summed E-state index contributed by atoms with van der Waals surface area (Å²) < 4.78 is 0. The molecule has 0 unspecified atom stereocenters. The summed E-state index contributed by atoms with van der Waals surface area (Å²) in [6.07, 6.45) is 2.08. The van der Waals surface area contributed by atoms with Crippen molar-refractivity contribution in [2.24, 2.45) is 11.7 Å². The normalized spacial score (nSPS) is 12.4. The van der Waals surface area contributed by atoms with Crippen molar-refractivity contribution in [3.05, 3.63) is 16.1 Å². The minimum absolute atomic E-state index is 0.134. The molecule has 0 aromatic carbocycles. The molecule has 0 radical (unpaired) electrons. The van der Waals surface area contributed by atoms with Gasteiger partial charge >= 0.3 is 0 Å². The van der Waals surface area contributed by atoms with Crippen molar-refractivity contribution < 1.29 is 0 Å². The van der Waals surface area contributed by atoms with Crippen LogP contribution in [0.5, 0.6) is 0 Å². The van der Waals surface area contributed by atoms with E-state index in [0.29, 0.717) is 5.92 Å². The first-order chi connectivity index (χ1) is 6.95. The molecule has 1 aromatic rings. The summed E-state index contributed by atoms with van der Waals surface area (Å²) in [7, 11) is 0. The maximum absolute atomic E-state index is 5.62. The third kappa shape index (κ3) is 3.58. The first-order valence-electron chi connectivity index (χ1n) is 5.60. The van der Waals surface area contributed by atoms with E-state index in [1.54, 1.807) is 11.3 Å². The van der Waals surface area contributed by atoms with Crippen LogP contribution in [0.25, 0.3) is 0 Å². The zero-order chi connectivity index (χ0) is 11.5. The van der Waals surface area contributed by atoms with E-state index in [1.807, 2.05) is 0 Å². The fourth-order valence-corrected chi connectivity index (χ4v) is 2.59. The molecule has 0 aliphatic rings. The van der Waals surface area contributed by atoms with E-state index in [1.165, 1.54) is 10.7 Å². The standard InChI is InChI=1S/C12H22N2S/c1-9(2)7-10-8-15-11(14-10)12(3,4)5-6-13/h8-9H,5-7,13H2,1-4H3. The quantitative estimate of drug-likeness (QED) is 0.838. The maximum Gasteiger partial charge on any atom is 0.0985 e. The van der Waals surface area contributed by atoms with Gasteiger partial charge in [0.25, 0.3) is 0 Å². The van der Waals surface area contributed by atoms with Crippen molar-refractivity contribution in [1.82, 2.24) is 4.98 Å². The predicted molar refractivity (Wildman–Crippen MR) is 67.4 cm³/mol. The summed E-state index contributed by atoms with van der Waals surface area (Å²) in [5, 5.41) is 3.41. The average molecular weight is 226 g/mol. The number of nitrogens with two attached hydrogens (primary N) is 1. The van der Waals surface area contributed by atoms with Gasteiger partial charge in [-0.3, -0.25) is 0 Å². The Morgan fingerprint density at radius 3 is 2.67 bits per heavy atom. The molecular formula is C12H22N2S. The highest BCUT2D eigenvalue weighted by Gasteiger charge is 2.23. The topological polar surface area (TPSA) is 38.9 Å². The van der Waals surface area contributed by atoms with Crippen LogP contribution in [0.3, 0.4) is 0 Å². The monoisotopic (exact) mass is 226 g/mol. The van der Waals surface area contributed by atoms with Crippen molar-refractivity contribution >= 4 is 11.3 Å². The van der Waals surface area contributed by atoms with Gasteiger partial charge in [0.15, 0.2) is 0 Å². The molecule has 0 spiro atoms. The molecule has 0 saturated heterocycles. The predicted octanol–water partition coefficient (Wildman–Crippen LogP) is 2.97. The Kier molecular flexibility index (Phi) is 4.29. The van der Waals surface area contributed by atoms with Crippen molar-refractivity contribution in [1.29, 1.82) is 0 Å². The molecule has 0 atom stereocenters. The molecule has 0 aliphatic carbocycles. The molecule has 15 heavy (non-hydrogen) atoms. The third-order valence-electron chi connectivity index (χ3n) is 2.52. The second-order valence-electron chi connectivity index (χ2n) is 5.16. The molecule has 3 heteroatoms. The van der Waals surface area contributed by atoms with E-state index in [2.05, 4.69) is 33.1 Å². The molecule has 0 bridgehead atoms. The zero-order valence-electron chi connectivity index (χ0n) is 10.2. The lowest BCUT2D eigenvalue weighted by atomic mass is 9.90. The van der Waals surface area contributed by atoms with Crippen LogP contribution in [-0.2, 0) is 11.8 Å². The summed E-state index contributed by atoms with van der Waals surface area (Å²) >= 11 is 1.77. The highest BCUT2D eigenvalue weighted by molar-refractivity contribution is 7.09. The Hall–Kier alpha value is -0.410. The van der Waals surface area contributed by atoms with Crippen LogP contribution in [-0.4, -0.2) is 11.5 Å². The van der Waals surface area contributed by atoms with Crippen LogP contribution in [0.4, 0.5) is 0 Å². The molecule has 1 rings (SSSR count). The van der Waals surface area contributed by atoms with Crippen LogP contribution in [0.15, 0.2) is 5.38 Å². The molecule has 2 nitrogen and oxygen atoms in total. The molecule has 0 saturated carbocycles. The number of rotatable bonds is 5. The Labute approximate surface area is 96.9 Å². The number of aromatic nitrogens is 1. The van der Waals surface area contributed by atoms with E-state index in [9.17, 15) is 0 Å². The highest BCUT2D eigenvalue weighted by Crippen LogP contribution is 2.29. The Balaban J connectivity index is 2.74. The van der Waals surface area contributed by atoms with Crippen LogP contribution in [0.2, 0.25) is 0 Å². The molecule has 1 aromatic heterocycles. The average Bonchev–Trinajstić information content (AvgIpc) is 2.51. The fraction of sp³-hybridized carbons (Fsp3) is 0.750. The minimum atomic E-state index is 0.134. The van der Waals surface area contributed by atoms with Crippen molar-refractivity contribution in [2.75, 3.05) is 6.54 Å². The zero-order valence-corrected chi connectivity index (χ0v) is 11.0. The van der Waals surface area contributed by atoms with E-state index >= 15 is 0 Å². The highest BCUT2D eigenvalue weighted by atomic mass is 32.1. The summed E-state index contributed by atoms with van der Waals surface area (Å²) in [5.74, 6) is 0.678. The number of thiazole rings is 1. The van der Waals surface area contributed by atoms with Crippen molar-refractivity contribution in [3.63, 3.8) is 0 Å². The van der Waals surface area contributed by atoms with E-state index in [-0.39, 0.29) is 5.41 Å². The number of hydrogen-bond donors (Lipinski definition) is 1. The van der Waals surface area contributed by atoms with Gasteiger partial charge in [-0.2, -0.15) is 0 Å². The van der Waals surface area contributed by atoms with E-state index < -0.39 is 0 Å². The Morgan fingerprint density at radius 1 is 1.47 bits per heavy atom. The summed E-state index contributed by atoms with van der Waals surface area (Å²) in [5.41, 5.74) is 6.98. The van der Waals surface area contributed by atoms with E-state index in [4.69, 9.17) is 10.7 Å². The van der Waals surface area contributed by atoms with Gasteiger partial charge in [0.1, 0.15) is 0 Å². The van der Waals surface area contributed by atoms with Gasteiger partial charge in [0, 0.05) is 10.8 Å². The summed E-state index contributed by atoms with van der Waals surface area (Å²) in [6.45, 7) is 9.62. The van der Waals surface area contributed by atoms with Crippen molar-refractivity contribution in [2.45, 2.75) is 46.0 Å². The van der Waals surface area contributed by atoms with Crippen LogP contribution in [0, 0.1) is 5.92 Å². The van der Waals surface area contributed by atoms with Gasteiger partial charge in [-0.1, -0.05) is 27.7 Å². The van der Waals surface area contributed by atoms with Crippen LogP contribution >= 0.6 is 11.3 Å². The second-order valence-corrected chi connectivity index (χ2v) is 6.02. The molecule has 2 N–H and O–H groups in total. The summed E-state index contributed by atoms with van der Waals surface area (Å²) in [6, 6.07) is 0. The molecule has 0 fully saturated rings. The van der Waals surface area contributed by atoms with Crippen LogP contribution in [0.1, 0.15) is 44.8 Å². The molecule has 1 heterocycles. The fourth-order valence-electron chi connectivity index (χ4n) is 1.60.